The first-order chi connectivity index (χ1) is 23.9. The second kappa shape index (κ2) is 12.0. The molecule has 0 saturated heterocycles. The quantitative estimate of drug-likeness (QED) is 0.0954. The molecule has 1 aromatic heterocycles. The number of aromatic nitrogens is 1. The van der Waals surface area contributed by atoms with Gasteiger partial charge >= 0.3 is 0 Å². The maximum atomic E-state index is 14.7. The molecule has 1 aliphatic heterocycles. The van der Waals surface area contributed by atoms with Gasteiger partial charge in [0.1, 0.15) is 35.5 Å². The molecule has 0 bridgehead atoms. The van der Waals surface area contributed by atoms with Crippen molar-refractivity contribution in [1.82, 2.24) is 15.2 Å². The fraction of sp³-hybridized carbons (Fsp3) is 0.100. The van der Waals surface area contributed by atoms with Crippen LogP contribution < -0.4 is 10.6 Å². The number of amidine groups is 1. The zero-order valence-electron chi connectivity index (χ0n) is 26.0. The van der Waals surface area contributed by atoms with E-state index in [9.17, 15) is 25.0 Å². The van der Waals surface area contributed by atoms with Crippen molar-refractivity contribution in [1.29, 1.82) is 5.26 Å². The van der Waals surface area contributed by atoms with E-state index in [4.69, 9.17) is 4.99 Å². The lowest BCUT2D eigenvalue weighted by molar-refractivity contribution is 0.341. The van der Waals surface area contributed by atoms with Crippen LogP contribution in [0, 0.1) is 17.1 Å². The van der Waals surface area contributed by atoms with Gasteiger partial charge in [-0.25, -0.2) is 9.38 Å². The fourth-order valence-corrected chi connectivity index (χ4v) is 6.88. The molecule has 0 amide bonds. The van der Waals surface area contributed by atoms with Gasteiger partial charge in [0.15, 0.2) is 17.3 Å². The van der Waals surface area contributed by atoms with Crippen LogP contribution in [0.5, 0.6) is 17.2 Å². The van der Waals surface area contributed by atoms with Crippen LogP contribution in [0.2, 0.25) is 0 Å². The average Bonchev–Trinajstić information content (AvgIpc) is 3.48. The van der Waals surface area contributed by atoms with Crippen molar-refractivity contribution in [3.8, 4) is 34.4 Å². The molecule has 5 aromatic carbocycles. The zero-order valence-corrected chi connectivity index (χ0v) is 26.0. The number of benzene rings is 5. The highest BCUT2D eigenvalue weighted by atomic mass is 19.1. The van der Waals surface area contributed by atoms with Crippen molar-refractivity contribution in [2.75, 3.05) is 0 Å². The Kier molecular flexibility index (Phi) is 7.35. The number of nitrogens with zero attached hydrogens (tertiary/aromatic N) is 3. The van der Waals surface area contributed by atoms with Gasteiger partial charge in [0.2, 0.25) is 0 Å². The highest BCUT2D eigenvalue weighted by Crippen LogP contribution is 2.46. The maximum absolute atomic E-state index is 14.7. The molecule has 2 heterocycles. The Bertz CT molecular complexity index is 2410. The summed E-state index contributed by atoms with van der Waals surface area (Å²) in [5, 5.41) is 50.9. The lowest BCUT2D eigenvalue weighted by atomic mass is 10.00. The normalized spacial score (nSPS) is 18.7. The number of fused-ring (bicyclic) bond motifs is 3. The molecular formula is C40H30FN5O3. The second-order valence-corrected chi connectivity index (χ2v) is 12.1. The number of hydrogen-bond donors (Lipinski definition) is 5. The number of rotatable bonds is 5. The summed E-state index contributed by atoms with van der Waals surface area (Å²) in [5.74, 6) is -3.82. The van der Waals surface area contributed by atoms with Crippen molar-refractivity contribution in [2.45, 2.75) is 24.8 Å². The molecule has 49 heavy (non-hydrogen) atoms. The van der Waals surface area contributed by atoms with Crippen molar-refractivity contribution >= 4 is 27.6 Å². The molecule has 8 nitrogen and oxygen atoms in total. The number of allylic oxidation sites excluding steroid dienone is 4. The van der Waals surface area contributed by atoms with E-state index < -0.39 is 41.0 Å². The van der Waals surface area contributed by atoms with Gasteiger partial charge in [0.05, 0.1) is 11.6 Å². The summed E-state index contributed by atoms with van der Waals surface area (Å²) in [4.78, 5) is 4.79. The summed E-state index contributed by atoms with van der Waals surface area (Å²) in [6.45, 7) is 0. The predicted octanol–water partition coefficient (Wildman–Crippen LogP) is 7.98. The predicted molar refractivity (Wildman–Crippen MR) is 188 cm³/mol. The third-order valence-corrected chi connectivity index (χ3v) is 9.25. The van der Waals surface area contributed by atoms with Crippen molar-refractivity contribution in [3.63, 3.8) is 0 Å². The highest BCUT2D eigenvalue weighted by Gasteiger charge is 2.34. The Morgan fingerprint density at radius 2 is 1.53 bits per heavy atom. The minimum Gasteiger partial charge on any atom is -0.506 e. The van der Waals surface area contributed by atoms with E-state index in [1.807, 2.05) is 72.8 Å². The molecule has 0 spiro atoms. The molecule has 0 radical (unpaired) electrons. The van der Waals surface area contributed by atoms with Crippen molar-refractivity contribution in [2.24, 2.45) is 4.99 Å². The number of phenols is 3. The van der Waals surface area contributed by atoms with Crippen molar-refractivity contribution < 1.29 is 19.7 Å². The fourth-order valence-electron chi connectivity index (χ4n) is 6.88. The standard InChI is InChI=1S/C40H30FN5O3/c41-34-30(22-42)35(47)33(36(48)37(34)49)40-44-38(25-13-9-12-24(20-25)23-10-3-1-4-11-23)43-39(45-40)26-18-19-32-29(21-26)28-16-7-8-17-31(28)46(32)27-14-5-2-6-15-27/h1-14,16-21,27,39-40,45,47-49H,15H2,(H,43,44). The minimum atomic E-state index is -1.41. The maximum Gasteiger partial charge on any atom is 0.196 e. The van der Waals surface area contributed by atoms with E-state index in [0.717, 1.165) is 50.5 Å². The first kappa shape index (κ1) is 30.0. The Labute approximate surface area is 281 Å². The SMILES string of the molecule is N#Cc1c(O)c(C2N=C(c3cccc(-c4ccccc4)c3)NC(c3ccc4c(c3)c3ccccc3n4C3C=CC=CC3)N2)c(O)c(O)c1F. The highest BCUT2D eigenvalue weighted by molar-refractivity contribution is 6.08. The van der Waals surface area contributed by atoms with Gasteiger partial charge < -0.3 is 25.2 Å². The summed E-state index contributed by atoms with van der Waals surface area (Å²) in [6, 6.07) is 33.9. The molecule has 3 atom stereocenters. The van der Waals surface area contributed by atoms with Crippen LogP contribution >= 0.6 is 0 Å². The third-order valence-electron chi connectivity index (χ3n) is 9.25. The number of aliphatic imine (C=N–C) groups is 1. The lowest BCUT2D eigenvalue weighted by Crippen LogP contribution is -2.45. The van der Waals surface area contributed by atoms with Crippen molar-refractivity contribution in [3.05, 3.63) is 149 Å². The van der Waals surface area contributed by atoms with E-state index in [-0.39, 0.29) is 11.6 Å². The molecule has 0 fully saturated rings. The summed E-state index contributed by atoms with van der Waals surface area (Å²) in [7, 11) is 0. The topological polar surface area (TPSA) is 126 Å². The van der Waals surface area contributed by atoms with E-state index >= 15 is 0 Å². The number of hydrogen-bond acceptors (Lipinski definition) is 7. The van der Waals surface area contributed by atoms with Crippen LogP contribution in [0.25, 0.3) is 32.9 Å². The molecule has 9 heteroatoms. The molecule has 1 aliphatic carbocycles. The summed E-state index contributed by atoms with van der Waals surface area (Å²) in [6.07, 6.45) is 7.57. The molecule has 2 aliphatic rings. The van der Waals surface area contributed by atoms with Crippen LogP contribution in [0.15, 0.2) is 126 Å². The zero-order chi connectivity index (χ0) is 33.6. The van der Waals surface area contributed by atoms with Crippen LogP contribution in [0.1, 0.15) is 47.0 Å². The summed E-state index contributed by atoms with van der Waals surface area (Å²) >= 11 is 0. The van der Waals surface area contributed by atoms with E-state index in [0.29, 0.717) is 5.84 Å². The molecule has 8 rings (SSSR count). The number of para-hydroxylation sites is 1. The van der Waals surface area contributed by atoms with Gasteiger partial charge in [-0.2, -0.15) is 5.26 Å². The van der Waals surface area contributed by atoms with E-state index in [2.05, 4.69) is 63.8 Å². The van der Waals surface area contributed by atoms with E-state index in [1.54, 1.807) is 6.07 Å². The molecule has 5 N–H and O–H groups in total. The number of nitriles is 1. The molecule has 6 aromatic rings. The minimum absolute atomic E-state index is 0.163. The van der Waals surface area contributed by atoms with Gasteiger partial charge in [0.25, 0.3) is 0 Å². The first-order valence-electron chi connectivity index (χ1n) is 15.9. The monoisotopic (exact) mass is 647 g/mol. The smallest absolute Gasteiger partial charge is 0.196 e. The molecule has 0 saturated carbocycles. The first-order valence-corrected chi connectivity index (χ1v) is 15.9. The van der Waals surface area contributed by atoms with Gasteiger partial charge in [-0.15, -0.1) is 0 Å². The van der Waals surface area contributed by atoms with Crippen LogP contribution in [-0.4, -0.2) is 25.7 Å². The summed E-state index contributed by atoms with van der Waals surface area (Å²) in [5.41, 5.74) is 4.60. The Hall–Kier alpha value is -6.37. The van der Waals surface area contributed by atoms with E-state index in [1.165, 1.54) is 0 Å². The number of nitrogens with one attached hydrogen (secondary N) is 2. The Balaban J connectivity index is 1.28. The van der Waals surface area contributed by atoms with Crippen LogP contribution in [0.4, 0.5) is 4.39 Å². The van der Waals surface area contributed by atoms with Gasteiger partial charge in [-0.3, -0.25) is 5.32 Å². The molecule has 3 unspecified atom stereocenters. The second-order valence-electron chi connectivity index (χ2n) is 12.1. The van der Waals surface area contributed by atoms with Gasteiger partial charge in [-0.05, 0) is 47.4 Å². The number of halogens is 1. The lowest BCUT2D eigenvalue weighted by Gasteiger charge is -2.33. The Morgan fingerprint density at radius 1 is 0.776 bits per heavy atom. The number of aromatic hydroxyl groups is 3. The van der Waals surface area contributed by atoms with Gasteiger partial charge in [0, 0.05) is 27.4 Å². The van der Waals surface area contributed by atoms with Gasteiger partial charge in [-0.1, -0.05) is 97.1 Å². The average molecular weight is 648 g/mol. The van der Waals surface area contributed by atoms with Crippen LogP contribution in [0.3, 0.4) is 0 Å². The van der Waals surface area contributed by atoms with Crippen LogP contribution in [-0.2, 0) is 0 Å². The number of phenolic OH excluding ortho intramolecular Hbond substituents is 3. The summed E-state index contributed by atoms with van der Waals surface area (Å²) < 4.78 is 17.1. The molecular weight excluding hydrogens is 617 g/mol. The third kappa shape index (κ3) is 5.06. The largest absolute Gasteiger partial charge is 0.506 e. The Morgan fingerprint density at radius 3 is 2.33 bits per heavy atom. The molecule has 240 valence electrons.